The number of carbonyl (C=O) groups excluding carboxylic acids is 2. The zero-order valence-electron chi connectivity index (χ0n) is 12.7. The van der Waals surface area contributed by atoms with Crippen LogP contribution in [-0.2, 0) is 4.74 Å². The van der Waals surface area contributed by atoms with Crippen molar-refractivity contribution in [2.45, 2.75) is 45.1 Å². The minimum atomic E-state index is -0.500. The summed E-state index contributed by atoms with van der Waals surface area (Å²) in [5.74, 6) is -0.500. The lowest BCUT2D eigenvalue weighted by atomic mass is 9.96. The lowest BCUT2D eigenvalue weighted by molar-refractivity contribution is 0.0605. The number of amides is 2. The number of urea groups is 1. The van der Waals surface area contributed by atoms with E-state index in [0.717, 1.165) is 37.0 Å². The molecular formula is C15H19N3O3S. The molecule has 1 aliphatic carbocycles. The molecule has 1 fully saturated rings. The van der Waals surface area contributed by atoms with Gasteiger partial charge in [0, 0.05) is 6.04 Å². The van der Waals surface area contributed by atoms with Crippen molar-refractivity contribution >= 4 is 28.3 Å². The van der Waals surface area contributed by atoms with E-state index in [-0.39, 0.29) is 12.1 Å². The quantitative estimate of drug-likeness (QED) is 0.837. The van der Waals surface area contributed by atoms with Crippen molar-refractivity contribution in [3.63, 3.8) is 0 Å². The molecule has 0 radical (unpaired) electrons. The van der Waals surface area contributed by atoms with Crippen molar-refractivity contribution in [2.24, 2.45) is 0 Å². The van der Waals surface area contributed by atoms with Crippen LogP contribution in [0.15, 0.2) is 0 Å². The fourth-order valence-electron chi connectivity index (χ4n) is 2.60. The number of esters is 1. The Bertz CT molecular complexity index is 612. The molecule has 0 aliphatic heterocycles. The zero-order chi connectivity index (χ0) is 16.1. The first-order chi connectivity index (χ1) is 10.6. The molecule has 2 N–H and O–H groups in total. The Labute approximate surface area is 133 Å². The maximum Gasteiger partial charge on any atom is 0.348 e. The SMILES string of the molecule is COC(=O)c1sc(NC(=O)NC2CCCCC2)c(C#N)c1C. The predicted octanol–water partition coefficient (Wildman–Crippen LogP) is 3.17. The van der Waals surface area contributed by atoms with E-state index < -0.39 is 5.97 Å². The average Bonchev–Trinajstić information content (AvgIpc) is 2.83. The molecule has 1 aliphatic rings. The van der Waals surface area contributed by atoms with Crippen molar-refractivity contribution in [2.75, 3.05) is 12.4 Å². The third kappa shape index (κ3) is 3.57. The van der Waals surface area contributed by atoms with Gasteiger partial charge in [0.25, 0.3) is 0 Å². The van der Waals surface area contributed by atoms with Gasteiger partial charge in [0.1, 0.15) is 15.9 Å². The Kier molecular flexibility index (Phi) is 5.39. The van der Waals surface area contributed by atoms with Crippen molar-refractivity contribution in [1.82, 2.24) is 5.32 Å². The first-order valence-electron chi connectivity index (χ1n) is 7.26. The topological polar surface area (TPSA) is 91.2 Å². The standard InChI is InChI=1S/C15H19N3O3S/c1-9-11(8-16)13(22-12(9)14(19)21-2)18-15(20)17-10-6-4-3-5-7-10/h10H,3-7H2,1-2H3,(H2,17,18,20). The summed E-state index contributed by atoms with van der Waals surface area (Å²) in [5, 5.41) is 15.2. The van der Waals surface area contributed by atoms with Crippen LogP contribution in [-0.4, -0.2) is 25.2 Å². The highest BCUT2D eigenvalue weighted by molar-refractivity contribution is 7.18. The van der Waals surface area contributed by atoms with E-state index in [9.17, 15) is 14.9 Å². The zero-order valence-corrected chi connectivity index (χ0v) is 13.5. The number of anilines is 1. The highest BCUT2D eigenvalue weighted by Crippen LogP contribution is 2.33. The summed E-state index contributed by atoms with van der Waals surface area (Å²) >= 11 is 1.06. The van der Waals surface area contributed by atoms with Gasteiger partial charge in [-0.25, -0.2) is 9.59 Å². The number of nitrogens with one attached hydrogen (secondary N) is 2. The Balaban J connectivity index is 2.10. The van der Waals surface area contributed by atoms with E-state index >= 15 is 0 Å². The lowest BCUT2D eigenvalue weighted by Gasteiger charge is -2.22. The highest BCUT2D eigenvalue weighted by Gasteiger charge is 2.22. The Hall–Kier alpha value is -2.07. The van der Waals surface area contributed by atoms with Gasteiger partial charge >= 0.3 is 12.0 Å². The minimum Gasteiger partial charge on any atom is -0.465 e. The van der Waals surface area contributed by atoms with E-state index in [1.54, 1.807) is 6.92 Å². The molecule has 1 saturated carbocycles. The van der Waals surface area contributed by atoms with Crippen LogP contribution in [0.3, 0.4) is 0 Å². The molecule has 0 atom stereocenters. The number of hydrogen-bond acceptors (Lipinski definition) is 5. The molecule has 1 aromatic heterocycles. The van der Waals surface area contributed by atoms with E-state index in [0.29, 0.717) is 21.0 Å². The number of nitriles is 1. The molecule has 0 aromatic carbocycles. The predicted molar refractivity (Wildman–Crippen MR) is 84.1 cm³/mol. The largest absolute Gasteiger partial charge is 0.465 e. The van der Waals surface area contributed by atoms with Crippen LogP contribution in [0.2, 0.25) is 0 Å². The maximum absolute atomic E-state index is 12.1. The summed E-state index contributed by atoms with van der Waals surface area (Å²) in [5.41, 5.74) is 0.844. The molecule has 0 saturated heterocycles. The molecule has 22 heavy (non-hydrogen) atoms. The molecule has 2 amide bonds. The first kappa shape index (κ1) is 16.3. The van der Waals surface area contributed by atoms with Gasteiger partial charge in [-0.05, 0) is 25.3 Å². The van der Waals surface area contributed by atoms with E-state index in [1.165, 1.54) is 13.5 Å². The normalized spacial score (nSPS) is 15.0. The minimum absolute atomic E-state index is 0.181. The van der Waals surface area contributed by atoms with Crippen molar-refractivity contribution in [3.8, 4) is 6.07 Å². The second-order valence-corrected chi connectivity index (χ2v) is 6.32. The number of thiophene rings is 1. The number of rotatable bonds is 3. The van der Waals surface area contributed by atoms with E-state index in [2.05, 4.69) is 10.6 Å². The summed E-state index contributed by atoms with van der Waals surface area (Å²) in [7, 11) is 1.29. The third-order valence-electron chi connectivity index (χ3n) is 3.80. The summed E-state index contributed by atoms with van der Waals surface area (Å²) < 4.78 is 4.69. The lowest BCUT2D eigenvalue weighted by Crippen LogP contribution is -2.38. The Morgan fingerprint density at radius 1 is 1.32 bits per heavy atom. The van der Waals surface area contributed by atoms with Crippen LogP contribution in [0.5, 0.6) is 0 Å². The molecule has 2 rings (SSSR count). The molecule has 0 bridgehead atoms. The maximum atomic E-state index is 12.1. The van der Waals surface area contributed by atoms with Gasteiger partial charge in [0.05, 0.1) is 12.7 Å². The van der Waals surface area contributed by atoms with Crippen LogP contribution in [0, 0.1) is 18.3 Å². The number of carbonyl (C=O) groups is 2. The van der Waals surface area contributed by atoms with Crippen molar-refractivity contribution in [1.29, 1.82) is 5.26 Å². The summed E-state index contributed by atoms with van der Waals surface area (Å²) in [6, 6.07) is 1.88. The number of hydrogen-bond donors (Lipinski definition) is 2. The van der Waals surface area contributed by atoms with Crippen LogP contribution < -0.4 is 10.6 Å². The fourth-order valence-corrected chi connectivity index (χ4v) is 3.67. The van der Waals surface area contributed by atoms with E-state index in [1.807, 2.05) is 6.07 Å². The first-order valence-corrected chi connectivity index (χ1v) is 8.07. The number of ether oxygens (including phenoxy) is 1. The smallest absolute Gasteiger partial charge is 0.348 e. The van der Waals surface area contributed by atoms with Gasteiger partial charge < -0.3 is 10.1 Å². The summed E-state index contributed by atoms with van der Waals surface area (Å²) in [6.45, 7) is 1.67. The van der Waals surface area contributed by atoms with Gasteiger partial charge in [-0.1, -0.05) is 19.3 Å². The van der Waals surface area contributed by atoms with Crippen molar-refractivity contribution in [3.05, 3.63) is 16.0 Å². The van der Waals surface area contributed by atoms with Gasteiger partial charge in [0.15, 0.2) is 0 Å². The molecule has 6 nitrogen and oxygen atoms in total. The number of methoxy groups -OCH3 is 1. The second-order valence-electron chi connectivity index (χ2n) is 5.30. The Morgan fingerprint density at radius 3 is 2.59 bits per heavy atom. The summed E-state index contributed by atoms with van der Waals surface area (Å²) in [6.07, 6.45) is 5.42. The second kappa shape index (κ2) is 7.27. The fraction of sp³-hybridized carbons (Fsp3) is 0.533. The molecule has 0 unspecified atom stereocenters. The van der Waals surface area contributed by atoms with Gasteiger partial charge in [-0.3, -0.25) is 5.32 Å². The molecule has 7 heteroatoms. The molecule has 1 heterocycles. The van der Waals surface area contributed by atoms with Crippen LogP contribution in [0.4, 0.5) is 9.80 Å². The van der Waals surface area contributed by atoms with Gasteiger partial charge in [-0.2, -0.15) is 5.26 Å². The summed E-state index contributed by atoms with van der Waals surface area (Å²) in [4.78, 5) is 24.1. The van der Waals surface area contributed by atoms with Crippen molar-refractivity contribution < 1.29 is 14.3 Å². The van der Waals surface area contributed by atoms with Gasteiger partial charge in [0.2, 0.25) is 0 Å². The van der Waals surface area contributed by atoms with Crippen LogP contribution in [0.1, 0.15) is 52.9 Å². The highest BCUT2D eigenvalue weighted by atomic mass is 32.1. The Morgan fingerprint density at radius 2 is 2.00 bits per heavy atom. The monoisotopic (exact) mass is 321 g/mol. The molecule has 1 aromatic rings. The molecule has 118 valence electrons. The average molecular weight is 321 g/mol. The van der Waals surface area contributed by atoms with Crippen LogP contribution in [0.25, 0.3) is 0 Å². The van der Waals surface area contributed by atoms with Crippen LogP contribution >= 0.6 is 11.3 Å². The van der Waals surface area contributed by atoms with E-state index in [4.69, 9.17) is 4.74 Å². The van der Waals surface area contributed by atoms with Gasteiger partial charge in [-0.15, -0.1) is 11.3 Å². The molecule has 0 spiro atoms. The number of nitrogens with zero attached hydrogens (tertiary/aromatic N) is 1. The molecular weight excluding hydrogens is 302 g/mol. The third-order valence-corrected chi connectivity index (χ3v) is 4.98.